The second-order valence-electron chi connectivity index (χ2n) is 5.84. The molecular weight excluding hydrogens is 341 g/mol. The number of ether oxygens (including phenoxy) is 2. The maximum atomic E-state index is 13.2. The van der Waals surface area contributed by atoms with Crippen molar-refractivity contribution in [3.63, 3.8) is 0 Å². The molecule has 1 atom stereocenters. The van der Waals surface area contributed by atoms with Gasteiger partial charge >= 0.3 is 6.09 Å². The Labute approximate surface area is 133 Å². The number of hydrogen-bond donors (Lipinski definition) is 1. The van der Waals surface area contributed by atoms with Crippen LogP contribution in [0.2, 0.25) is 0 Å². The predicted molar refractivity (Wildman–Crippen MR) is 82.6 cm³/mol. The SMILES string of the molecule is C[C@H](COCc1cc(F)cc(Br)c1)NC(=O)OC(C)(C)C. The molecule has 0 aromatic heterocycles. The number of rotatable bonds is 5. The zero-order valence-corrected chi connectivity index (χ0v) is 14.3. The van der Waals surface area contributed by atoms with E-state index >= 15 is 0 Å². The number of hydrogen-bond acceptors (Lipinski definition) is 3. The van der Waals surface area contributed by atoms with Crippen molar-refractivity contribution in [2.24, 2.45) is 0 Å². The summed E-state index contributed by atoms with van der Waals surface area (Å²) in [6.45, 7) is 7.80. The maximum absolute atomic E-state index is 13.2. The summed E-state index contributed by atoms with van der Waals surface area (Å²) in [5.74, 6) is -0.317. The van der Waals surface area contributed by atoms with Crippen molar-refractivity contribution in [3.05, 3.63) is 34.1 Å². The van der Waals surface area contributed by atoms with Gasteiger partial charge in [-0.1, -0.05) is 15.9 Å². The van der Waals surface area contributed by atoms with Gasteiger partial charge in [0.1, 0.15) is 11.4 Å². The van der Waals surface area contributed by atoms with Gasteiger partial charge in [-0.2, -0.15) is 0 Å². The van der Waals surface area contributed by atoms with E-state index in [1.54, 1.807) is 26.8 Å². The van der Waals surface area contributed by atoms with Crippen LogP contribution in [0.4, 0.5) is 9.18 Å². The Morgan fingerprint density at radius 3 is 2.62 bits per heavy atom. The summed E-state index contributed by atoms with van der Waals surface area (Å²) in [5, 5.41) is 2.68. The topological polar surface area (TPSA) is 47.6 Å². The van der Waals surface area contributed by atoms with E-state index in [1.807, 2.05) is 6.92 Å². The molecule has 6 heteroatoms. The van der Waals surface area contributed by atoms with Crippen LogP contribution in [0.25, 0.3) is 0 Å². The van der Waals surface area contributed by atoms with Crippen LogP contribution in [-0.4, -0.2) is 24.3 Å². The van der Waals surface area contributed by atoms with E-state index in [-0.39, 0.29) is 18.5 Å². The Morgan fingerprint density at radius 2 is 2.05 bits per heavy atom. The van der Waals surface area contributed by atoms with E-state index in [9.17, 15) is 9.18 Å². The number of alkyl carbamates (subject to hydrolysis) is 1. The molecule has 4 nitrogen and oxygen atoms in total. The van der Waals surface area contributed by atoms with Crippen LogP contribution in [0.1, 0.15) is 33.3 Å². The van der Waals surface area contributed by atoms with Gasteiger partial charge in [0, 0.05) is 4.47 Å². The molecule has 1 aromatic carbocycles. The normalized spacial score (nSPS) is 12.9. The molecule has 0 radical (unpaired) electrons. The Morgan fingerprint density at radius 1 is 1.38 bits per heavy atom. The molecular formula is C15H21BrFNO3. The second-order valence-corrected chi connectivity index (χ2v) is 6.76. The number of nitrogens with one attached hydrogen (secondary N) is 1. The minimum atomic E-state index is -0.529. The minimum absolute atomic E-state index is 0.197. The van der Waals surface area contributed by atoms with Gasteiger partial charge in [0.2, 0.25) is 0 Å². The highest BCUT2D eigenvalue weighted by Gasteiger charge is 2.17. The quantitative estimate of drug-likeness (QED) is 0.861. The number of benzene rings is 1. The molecule has 0 unspecified atom stereocenters. The lowest BCUT2D eigenvalue weighted by molar-refractivity contribution is 0.0442. The lowest BCUT2D eigenvalue weighted by atomic mass is 10.2. The van der Waals surface area contributed by atoms with Crippen molar-refractivity contribution in [2.75, 3.05) is 6.61 Å². The smallest absolute Gasteiger partial charge is 0.407 e. The fourth-order valence-corrected chi connectivity index (χ4v) is 2.11. The Kier molecular flexibility index (Phi) is 6.61. The van der Waals surface area contributed by atoms with Crippen LogP contribution in [-0.2, 0) is 16.1 Å². The van der Waals surface area contributed by atoms with E-state index < -0.39 is 11.7 Å². The van der Waals surface area contributed by atoms with Crippen molar-refractivity contribution < 1.29 is 18.7 Å². The first-order chi connectivity index (χ1) is 9.65. The lowest BCUT2D eigenvalue weighted by Crippen LogP contribution is -2.39. The highest BCUT2D eigenvalue weighted by molar-refractivity contribution is 9.10. The summed E-state index contributed by atoms with van der Waals surface area (Å²) < 4.78 is 24.5. The van der Waals surface area contributed by atoms with Crippen molar-refractivity contribution in [1.82, 2.24) is 5.32 Å². The van der Waals surface area contributed by atoms with Crippen LogP contribution < -0.4 is 5.32 Å². The first kappa shape index (κ1) is 17.9. The summed E-state index contributed by atoms with van der Waals surface area (Å²) >= 11 is 3.23. The average Bonchev–Trinajstić information content (AvgIpc) is 2.24. The highest BCUT2D eigenvalue weighted by atomic mass is 79.9. The monoisotopic (exact) mass is 361 g/mol. The van der Waals surface area contributed by atoms with Crippen LogP contribution in [0.5, 0.6) is 0 Å². The van der Waals surface area contributed by atoms with Gasteiger partial charge in [0.05, 0.1) is 19.3 Å². The van der Waals surface area contributed by atoms with Gasteiger partial charge in [-0.25, -0.2) is 9.18 Å². The van der Waals surface area contributed by atoms with Crippen molar-refractivity contribution in [1.29, 1.82) is 0 Å². The largest absolute Gasteiger partial charge is 0.444 e. The van der Waals surface area contributed by atoms with Gasteiger partial charge in [0.25, 0.3) is 0 Å². The molecule has 1 aromatic rings. The van der Waals surface area contributed by atoms with E-state index in [1.165, 1.54) is 12.1 Å². The molecule has 0 saturated heterocycles. The Balaban J connectivity index is 2.33. The zero-order chi connectivity index (χ0) is 16.0. The van der Waals surface area contributed by atoms with Gasteiger partial charge in [-0.3, -0.25) is 0 Å². The van der Waals surface area contributed by atoms with E-state index in [2.05, 4.69) is 21.2 Å². The molecule has 0 spiro atoms. The van der Waals surface area contributed by atoms with Crippen LogP contribution in [0.3, 0.4) is 0 Å². The van der Waals surface area contributed by atoms with Crippen LogP contribution in [0, 0.1) is 5.82 Å². The second kappa shape index (κ2) is 7.75. The molecule has 1 amide bonds. The molecule has 0 aliphatic carbocycles. The van der Waals surface area contributed by atoms with E-state index in [0.29, 0.717) is 11.1 Å². The fraction of sp³-hybridized carbons (Fsp3) is 0.533. The number of carbonyl (C=O) groups is 1. The van der Waals surface area contributed by atoms with Crippen molar-refractivity contribution >= 4 is 22.0 Å². The third-order valence-electron chi connectivity index (χ3n) is 2.32. The molecule has 0 bridgehead atoms. The summed E-state index contributed by atoms with van der Waals surface area (Å²) in [6, 6.07) is 4.39. The minimum Gasteiger partial charge on any atom is -0.444 e. The summed E-state index contributed by atoms with van der Waals surface area (Å²) in [4.78, 5) is 11.5. The van der Waals surface area contributed by atoms with Gasteiger partial charge in [-0.15, -0.1) is 0 Å². The first-order valence-electron chi connectivity index (χ1n) is 6.68. The Bertz CT molecular complexity index is 468. The third kappa shape index (κ3) is 8.02. The standard InChI is InChI=1S/C15H21BrFNO3/c1-10(18-14(19)21-15(2,3)4)8-20-9-11-5-12(16)7-13(17)6-11/h5-7,10H,8-9H2,1-4H3,(H,18,19)/t10-/m1/s1. The molecule has 0 saturated carbocycles. The van der Waals surface area contributed by atoms with Crippen molar-refractivity contribution in [2.45, 2.75) is 45.9 Å². The molecule has 0 aliphatic rings. The predicted octanol–water partition coefficient (Wildman–Crippen LogP) is 4.02. The summed E-state index contributed by atoms with van der Waals surface area (Å²) in [5.41, 5.74) is 0.199. The zero-order valence-electron chi connectivity index (χ0n) is 12.7. The van der Waals surface area contributed by atoms with Crippen molar-refractivity contribution in [3.8, 4) is 0 Å². The van der Waals surface area contributed by atoms with E-state index in [4.69, 9.17) is 9.47 Å². The molecule has 0 fully saturated rings. The molecule has 0 aliphatic heterocycles. The highest BCUT2D eigenvalue weighted by Crippen LogP contribution is 2.15. The van der Waals surface area contributed by atoms with Gasteiger partial charge in [-0.05, 0) is 51.5 Å². The van der Waals surface area contributed by atoms with E-state index in [0.717, 1.165) is 5.56 Å². The molecule has 21 heavy (non-hydrogen) atoms. The van der Waals surface area contributed by atoms with Crippen LogP contribution >= 0.6 is 15.9 Å². The average molecular weight is 362 g/mol. The van der Waals surface area contributed by atoms with Gasteiger partial charge in [0.15, 0.2) is 0 Å². The molecule has 1 N–H and O–H groups in total. The number of amides is 1. The molecule has 118 valence electrons. The lowest BCUT2D eigenvalue weighted by Gasteiger charge is -2.22. The third-order valence-corrected chi connectivity index (χ3v) is 2.78. The first-order valence-corrected chi connectivity index (χ1v) is 7.47. The number of halogens is 2. The summed E-state index contributed by atoms with van der Waals surface area (Å²) in [6.07, 6.45) is -0.480. The summed E-state index contributed by atoms with van der Waals surface area (Å²) in [7, 11) is 0. The molecule has 0 heterocycles. The van der Waals surface area contributed by atoms with Crippen LogP contribution in [0.15, 0.2) is 22.7 Å². The molecule has 1 rings (SSSR count). The van der Waals surface area contributed by atoms with Gasteiger partial charge < -0.3 is 14.8 Å². The maximum Gasteiger partial charge on any atom is 0.407 e. The number of carbonyl (C=O) groups excluding carboxylic acids is 1. The Hall–Kier alpha value is -1.14. The fourth-order valence-electron chi connectivity index (χ4n) is 1.60.